The maximum absolute atomic E-state index is 13.0. The number of hydrogen-bond acceptors (Lipinski definition) is 4. The number of likely N-dealkylation sites (tertiary alicyclic amines) is 1. The van der Waals surface area contributed by atoms with E-state index in [0.29, 0.717) is 30.6 Å². The molecule has 1 aliphatic heterocycles. The van der Waals surface area contributed by atoms with Gasteiger partial charge in [0.2, 0.25) is 0 Å². The number of Topliss-reactive ketones (excluding diaryl/α,β-unsaturated/α-hetero) is 1. The molecule has 1 saturated heterocycles. The number of para-hydroxylation sites is 1. The first-order valence-electron chi connectivity index (χ1n) is 14.4. The van der Waals surface area contributed by atoms with E-state index >= 15 is 0 Å². The van der Waals surface area contributed by atoms with Crippen LogP contribution in [0.5, 0.6) is 17.2 Å². The van der Waals surface area contributed by atoms with Gasteiger partial charge in [-0.3, -0.25) is 9.69 Å². The van der Waals surface area contributed by atoms with Crippen LogP contribution in [0.25, 0.3) is 0 Å². The van der Waals surface area contributed by atoms with E-state index in [0.717, 1.165) is 54.9 Å². The van der Waals surface area contributed by atoms with Crippen LogP contribution in [0.1, 0.15) is 48.8 Å². The van der Waals surface area contributed by atoms with Crippen molar-refractivity contribution in [3.8, 4) is 17.2 Å². The number of carbonyl (C=O) groups excluding carboxylic acids is 1. The minimum absolute atomic E-state index is 0.157. The molecule has 3 fully saturated rings. The van der Waals surface area contributed by atoms with E-state index in [9.17, 15) is 4.79 Å². The number of ketones is 1. The molecule has 5 atom stereocenters. The van der Waals surface area contributed by atoms with Crippen molar-refractivity contribution in [3.63, 3.8) is 0 Å². The number of nitrogens with zero attached hydrogens (tertiary/aromatic N) is 1. The quantitative estimate of drug-likeness (QED) is 0.361. The van der Waals surface area contributed by atoms with Crippen LogP contribution in [-0.2, 0) is 23.1 Å². The number of rotatable bonds is 7. The highest BCUT2D eigenvalue weighted by Crippen LogP contribution is 2.59. The highest BCUT2D eigenvalue weighted by atomic mass is 16.5. The largest absolute Gasteiger partial charge is 0.493 e. The number of fused-ring (bicyclic) bond motifs is 1. The van der Waals surface area contributed by atoms with Gasteiger partial charge in [-0.05, 0) is 85.7 Å². The zero-order valence-electron chi connectivity index (χ0n) is 22.3. The number of carbonyl (C=O) groups is 1. The molecule has 3 aliphatic carbocycles. The summed E-state index contributed by atoms with van der Waals surface area (Å²) in [7, 11) is 1.72. The second kappa shape index (κ2) is 9.57. The van der Waals surface area contributed by atoms with Crippen LogP contribution in [0.2, 0.25) is 0 Å². The Hall–Kier alpha value is -3.11. The number of benzene rings is 3. The van der Waals surface area contributed by atoms with Crippen molar-refractivity contribution < 1.29 is 14.3 Å². The summed E-state index contributed by atoms with van der Waals surface area (Å²) in [5.41, 5.74) is 3.91. The molecule has 0 N–H and O–H groups in total. The topological polar surface area (TPSA) is 38.8 Å². The van der Waals surface area contributed by atoms with Crippen molar-refractivity contribution in [2.75, 3.05) is 20.2 Å². The van der Waals surface area contributed by atoms with Gasteiger partial charge in [0, 0.05) is 36.4 Å². The first-order valence-corrected chi connectivity index (χ1v) is 14.4. The molecule has 196 valence electrons. The SMILES string of the molecule is COc1ccc2c(c1Oc1ccccc1)[C@]13CCN(CC4CC4Cc4ccccc4)[C@H](C2)[C@@H]1CCC(=O)C3. The molecule has 7 rings (SSSR count). The van der Waals surface area contributed by atoms with Crippen LogP contribution in [-0.4, -0.2) is 36.9 Å². The van der Waals surface area contributed by atoms with Crippen LogP contribution >= 0.6 is 0 Å². The lowest BCUT2D eigenvalue weighted by Gasteiger charge is -2.59. The van der Waals surface area contributed by atoms with E-state index in [-0.39, 0.29) is 5.41 Å². The van der Waals surface area contributed by atoms with Crippen molar-refractivity contribution in [2.24, 2.45) is 17.8 Å². The Morgan fingerprint density at radius 1 is 0.974 bits per heavy atom. The Labute approximate surface area is 226 Å². The predicted octanol–water partition coefficient (Wildman–Crippen LogP) is 6.60. The minimum Gasteiger partial charge on any atom is -0.493 e. The third kappa shape index (κ3) is 4.14. The summed E-state index contributed by atoms with van der Waals surface area (Å²) in [5, 5.41) is 0. The summed E-state index contributed by atoms with van der Waals surface area (Å²) >= 11 is 0. The lowest BCUT2D eigenvalue weighted by molar-refractivity contribution is -0.127. The van der Waals surface area contributed by atoms with Gasteiger partial charge >= 0.3 is 0 Å². The summed E-state index contributed by atoms with van der Waals surface area (Å²) in [6.07, 6.45) is 6.92. The molecule has 4 heteroatoms. The van der Waals surface area contributed by atoms with Gasteiger partial charge < -0.3 is 9.47 Å². The average molecular weight is 508 g/mol. The zero-order chi connectivity index (χ0) is 25.7. The molecule has 4 nitrogen and oxygen atoms in total. The van der Waals surface area contributed by atoms with Gasteiger partial charge in [0.15, 0.2) is 11.5 Å². The van der Waals surface area contributed by atoms with E-state index in [4.69, 9.17) is 9.47 Å². The van der Waals surface area contributed by atoms with Crippen molar-refractivity contribution >= 4 is 5.78 Å². The Balaban J connectivity index is 1.20. The molecule has 0 radical (unpaired) electrons. The fourth-order valence-corrected chi connectivity index (χ4v) is 8.07. The number of ether oxygens (including phenoxy) is 2. The van der Waals surface area contributed by atoms with Crippen LogP contribution < -0.4 is 9.47 Å². The van der Waals surface area contributed by atoms with Crippen molar-refractivity contribution in [1.29, 1.82) is 0 Å². The van der Waals surface area contributed by atoms with E-state index in [1.807, 2.05) is 30.3 Å². The lowest BCUT2D eigenvalue weighted by Crippen LogP contribution is -2.62. The first kappa shape index (κ1) is 24.0. The van der Waals surface area contributed by atoms with Gasteiger partial charge in [0.1, 0.15) is 11.5 Å². The molecule has 4 aliphatic rings. The fourth-order valence-electron chi connectivity index (χ4n) is 8.07. The predicted molar refractivity (Wildman–Crippen MR) is 149 cm³/mol. The highest BCUT2D eigenvalue weighted by molar-refractivity contribution is 5.82. The molecule has 3 aromatic carbocycles. The summed E-state index contributed by atoms with van der Waals surface area (Å²) < 4.78 is 12.4. The molecule has 0 amide bonds. The Bertz CT molecular complexity index is 1320. The van der Waals surface area contributed by atoms with E-state index in [2.05, 4.69) is 47.4 Å². The Morgan fingerprint density at radius 3 is 2.55 bits per heavy atom. The van der Waals surface area contributed by atoms with Gasteiger partial charge in [0.05, 0.1) is 7.11 Å². The molecular formula is C34H37NO3. The fraction of sp³-hybridized carbons (Fsp3) is 0.441. The van der Waals surface area contributed by atoms with E-state index in [1.165, 1.54) is 36.1 Å². The monoisotopic (exact) mass is 507 g/mol. The highest BCUT2D eigenvalue weighted by Gasteiger charge is 2.57. The van der Waals surface area contributed by atoms with Gasteiger partial charge in [-0.15, -0.1) is 0 Å². The van der Waals surface area contributed by atoms with Crippen LogP contribution in [0, 0.1) is 17.8 Å². The molecule has 0 spiro atoms. The average Bonchev–Trinajstić information content (AvgIpc) is 3.67. The summed E-state index contributed by atoms with van der Waals surface area (Å²) in [6.45, 7) is 2.26. The molecule has 3 aromatic rings. The standard InChI is InChI=1S/C34H37NO3/c1-37-31-15-12-24-20-30-29-14-13-27(36)21-34(29,32(24)33(31)38-28-10-6-3-7-11-28)16-17-35(30)22-26-19-25(26)18-23-8-4-2-5-9-23/h2-12,15,25-26,29-30H,13-14,16-22H2,1H3/t25?,26?,29-,30+,34-/m0/s1. The maximum atomic E-state index is 13.0. The second-order valence-corrected chi connectivity index (χ2v) is 12.0. The normalized spacial score (nSPS) is 29.8. The number of methoxy groups -OCH3 is 1. The van der Waals surface area contributed by atoms with Crippen molar-refractivity contribution in [1.82, 2.24) is 4.90 Å². The maximum Gasteiger partial charge on any atom is 0.173 e. The Kier molecular flexibility index (Phi) is 6.04. The molecule has 1 heterocycles. The Morgan fingerprint density at radius 2 is 1.76 bits per heavy atom. The number of hydrogen-bond donors (Lipinski definition) is 0. The lowest BCUT2D eigenvalue weighted by atomic mass is 9.52. The van der Waals surface area contributed by atoms with Gasteiger partial charge in [-0.25, -0.2) is 0 Å². The van der Waals surface area contributed by atoms with E-state index in [1.54, 1.807) is 7.11 Å². The van der Waals surface area contributed by atoms with Crippen LogP contribution in [0.4, 0.5) is 0 Å². The smallest absolute Gasteiger partial charge is 0.173 e. The molecule has 2 unspecified atom stereocenters. The molecule has 38 heavy (non-hydrogen) atoms. The third-order valence-electron chi connectivity index (χ3n) is 9.93. The summed E-state index contributed by atoms with van der Waals surface area (Å²) in [6, 6.07) is 25.8. The second-order valence-electron chi connectivity index (χ2n) is 12.0. The van der Waals surface area contributed by atoms with Crippen molar-refractivity contribution in [2.45, 2.75) is 56.4 Å². The van der Waals surface area contributed by atoms with Gasteiger partial charge in [0.25, 0.3) is 0 Å². The van der Waals surface area contributed by atoms with Crippen LogP contribution in [0.15, 0.2) is 72.8 Å². The third-order valence-corrected chi connectivity index (χ3v) is 9.93. The molecule has 0 aromatic heterocycles. The molecule has 2 saturated carbocycles. The van der Waals surface area contributed by atoms with Crippen molar-refractivity contribution in [3.05, 3.63) is 89.5 Å². The first-order chi connectivity index (χ1) is 18.6. The summed E-state index contributed by atoms with van der Waals surface area (Å²) in [4.78, 5) is 15.9. The molecular weight excluding hydrogens is 470 g/mol. The summed E-state index contributed by atoms with van der Waals surface area (Å²) in [5.74, 6) is 4.89. The zero-order valence-corrected chi connectivity index (χ0v) is 22.3. The van der Waals surface area contributed by atoms with E-state index < -0.39 is 0 Å². The van der Waals surface area contributed by atoms with Gasteiger partial charge in [-0.2, -0.15) is 0 Å². The molecule has 2 bridgehead atoms. The van der Waals surface area contributed by atoms with Crippen LogP contribution in [0.3, 0.4) is 0 Å². The van der Waals surface area contributed by atoms with Gasteiger partial charge in [-0.1, -0.05) is 54.6 Å². The number of piperidine rings is 1. The minimum atomic E-state index is -0.157.